The molecule has 0 unspecified atom stereocenters. The Morgan fingerprint density at radius 3 is 2.45 bits per heavy atom. The van der Waals surface area contributed by atoms with E-state index in [9.17, 15) is 4.79 Å². The molecule has 0 radical (unpaired) electrons. The number of hydrogen-bond donors (Lipinski definition) is 0. The highest BCUT2D eigenvalue weighted by atomic mass is 79.9. The van der Waals surface area contributed by atoms with E-state index < -0.39 is 0 Å². The molecule has 110 valence electrons. The molecule has 2 rings (SSSR count). The van der Waals surface area contributed by atoms with Gasteiger partial charge in [-0.1, -0.05) is 6.92 Å². The van der Waals surface area contributed by atoms with Crippen LogP contribution < -0.4 is 4.74 Å². The largest absolute Gasteiger partial charge is 0.496 e. The van der Waals surface area contributed by atoms with Crippen molar-refractivity contribution in [3.05, 3.63) is 28.2 Å². The van der Waals surface area contributed by atoms with Crippen LogP contribution in [0.15, 0.2) is 22.7 Å². The first kappa shape index (κ1) is 15.5. The highest BCUT2D eigenvalue weighted by Gasteiger charge is 2.19. The number of piperazine rings is 1. The molecule has 0 N–H and O–H groups in total. The molecule has 0 amide bonds. The third kappa shape index (κ3) is 3.81. The van der Waals surface area contributed by atoms with Crippen molar-refractivity contribution >= 4 is 21.7 Å². The minimum absolute atomic E-state index is 0.165. The van der Waals surface area contributed by atoms with Crippen LogP contribution in [0.4, 0.5) is 0 Å². The van der Waals surface area contributed by atoms with Gasteiger partial charge in [-0.25, -0.2) is 0 Å². The predicted octanol–water partition coefficient (Wildman–Crippen LogP) is 2.28. The zero-order valence-corrected chi connectivity index (χ0v) is 13.6. The zero-order chi connectivity index (χ0) is 14.5. The molecule has 0 aliphatic carbocycles. The van der Waals surface area contributed by atoms with Gasteiger partial charge in [0.25, 0.3) is 0 Å². The molecule has 0 atom stereocenters. The number of nitrogens with zero attached hydrogens (tertiary/aromatic N) is 2. The molecule has 1 aromatic carbocycles. The van der Waals surface area contributed by atoms with Gasteiger partial charge in [-0.05, 0) is 40.7 Å². The van der Waals surface area contributed by atoms with Crippen LogP contribution in [0.1, 0.15) is 17.3 Å². The van der Waals surface area contributed by atoms with Gasteiger partial charge < -0.3 is 9.64 Å². The van der Waals surface area contributed by atoms with Crippen LogP contribution in [0.25, 0.3) is 0 Å². The number of carbonyl (C=O) groups excluding carboxylic acids is 1. The first-order valence-corrected chi connectivity index (χ1v) is 7.74. The topological polar surface area (TPSA) is 32.8 Å². The summed E-state index contributed by atoms with van der Waals surface area (Å²) < 4.78 is 6.00. The molecule has 1 aliphatic heterocycles. The number of halogens is 1. The fourth-order valence-corrected chi connectivity index (χ4v) is 2.94. The summed E-state index contributed by atoms with van der Waals surface area (Å²) >= 11 is 3.42. The summed E-state index contributed by atoms with van der Waals surface area (Å²) in [5.74, 6) is 0.913. The lowest BCUT2D eigenvalue weighted by Gasteiger charge is -2.33. The quantitative estimate of drug-likeness (QED) is 0.770. The van der Waals surface area contributed by atoms with Crippen LogP contribution in [0.5, 0.6) is 5.75 Å². The molecule has 1 fully saturated rings. The molecule has 1 heterocycles. The van der Waals surface area contributed by atoms with Gasteiger partial charge in [0.1, 0.15) is 5.75 Å². The van der Waals surface area contributed by atoms with Crippen molar-refractivity contribution in [3.63, 3.8) is 0 Å². The number of likely N-dealkylation sites (N-methyl/N-ethyl adjacent to an activating group) is 1. The van der Waals surface area contributed by atoms with Gasteiger partial charge in [0.2, 0.25) is 0 Å². The lowest BCUT2D eigenvalue weighted by Crippen LogP contribution is -2.47. The van der Waals surface area contributed by atoms with E-state index in [2.05, 4.69) is 32.7 Å². The maximum absolute atomic E-state index is 12.3. The highest BCUT2D eigenvalue weighted by molar-refractivity contribution is 9.10. The number of ether oxygens (including phenoxy) is 1. The van der Waals surface area contributed by atoms with Crippen LogP contribution in [0, 0.1) is 0 Å². The Balaban J connectivity index is 1.93. The first-order valence-electron chi connectivity index (χ1n) is 6.95. The molecule has 20 heavy (non-hydrogen) atoms. The molecule has 1 aliphatic rings. The maximum Gasteiger partial charge on any atom is 0.176 e. The summed E-state index contributed by atoms with van der Waals surface area (Å²) in [6.45, 7) is 7.80. The van der Waals surface area contributed by atoms with E-state index in [4.69, 9.17) is 4.74 Å². The van der Waals surface area contributed by atoms with Gasteiger partial charge in [-0.15, -0.1) is 0 Å². The zero-order valence-electron chi connectivity index (χ0n) is 12.1. The highest BCUT2D eigenvalue weighted by Crippen LogP contribution is 2.25. The lowest BCUT2D eigenvalue weighted by atomic mass is 10.1. The standard InChI is InChI=1S/C15H21BrN2O2/c1-3-17-6-8-18(9-7-17)11-14(19)12-4-5-15(20-2)13(16)10-12/h4-5,10H,3,6-9,11H2,1-2H3. The summed E-state index contributed by atoms with van der Waals surface area (Å²) in [4.78, 5) is 16.9. The van der Waals surface area contributed by atoms with Gasteiger partial charge >= 0.3 is 0 Å². The van der Waals surface area contributed by atoms with Crippen molar-refractivity contribution in [1.82, 2.24) is 9.80 Å². The van der Waals surface area contributed by atoms with Crippen molar-refractivity contribution in [3.8, 4) is 5.75 Å². The molecule has 0 saturated carbocycles. The number of hydrogen-bond acceptors (Lipinski definition) is 4. The van der Waals surface area contributed by atoms with Crippen LogP contribution in [0.2, 0.25) is 0 Å². The van der Waals surface area contributed by atoms with Crippen molar-refractivity contribution < 1.29 is 9.53 Å². The van der Waals surface area contributed by atoms with Crippen LogP contribution in [-0.2, 0) is 0 Å². The maximum atomic E-state index is 12.3. The molecule has 4 nitrogen and oxygen atoms in total. The first-order chi connectivity index (χ1) is 9.63. The number of ketones is 1. The van der Waals surface area contributed by atoms with Crippen molar-refractivity contribution in [1.29, 1.82) is 0 Å². The second-order valence-electron chi connectivity index (χ2n) is 4.98. The van der Waals surface area contributed by atoms with E-state index in [1.165, 1.54) is 0 Å². The third-order valence-electron chi connectivity index (χ3n) is 3.75. The second-order valence-corrected chi connectivity index (χ2v) is 5.84. The summed E-state index contributed by atoms with van der Waals surface area (Å²) in [5.41, 5.74) is 0.732. The molecular weight excluding hydrogens is 320 g/mol. The third-order valence-corrected chi connectivity index (χ3v) is 4.37. The van der Waals surface area contributed by atoms with Crippen molar-refractivity contribution in [2.24, 2.45) is 0 Å². The summed E-state index contributed by atoms with van der Waals surface area (Å²) in [7, 11) is 1.62. The summed E-state index contributed by atoms with van der Waals surface area (Å²) in [6, 6.07) is 5.49. The van der Waals surface area contributed by atoms with E-state index in [1.54, 1.807) is 7.11 Å². The Bertz CT molecular complexity index is 471. The summed E-state index contributed by atoms with van der Waals surface area (Å²) in [5, 5.41) is 0. The average Bonchev–Trinajstić information content (AvgIpc) is 2.48. The van der Waals surface area contributed by atoms with E-state index >= 15 is 0 Å². The fraction of sp³-hybridized carbons (Fsp3) is 0.533. The second kappa shape index (κ2) is 7.20. The number of carbonyl (C=O) groups is 1. The van der Waals surface area contributed by atoms with Gasteiger partial charge in [0.05, 0.1) is 18.1 Å². The lowest BCUT2D eigenvalue weighted by molar-refractivity contribution is 0.0859. The van der Waals surface area contributed by atoms with E-state index in [0.29, 0.717) is 6.54 Å². The number of benzene rings is 1. The normalized spacial score (nSPS) is 17.1. The molecule has 0 aromatic heterocycles. The molecule has 5 heteroatoms. The Morgan fingerprint density at radius 1 is 1.25 bits per heavy atom. The predicted molar refractivity (Wildman–Crippen MR) is 83.6 cm³/mol. The Kier molecular flexibility index (Phi) is 5.57. The minimum atomic E-state index is 0.165. The molecule has 1 aromatic rings. The van der Waals surface area contributed by atoms with E-state index in [1.807, 2.05) is 18.2 Å². The van der Waals surface area contributed by atoms with E-state index in [0.717, 1.165) is 48.5 Å². The van der Waals surface area contributed by atoms with Crippen LogP contribution in [0.3, 0.4) is 0 Å². The SMILES string of the molecule is CCN1CCN(CC(=O)c2ccc(OC)c(Br)c2)CC1. The number of methoxy groups -OCH3 is 1. The van der Waals surface area contributed by atoms with Gasteiger partial charge in [-0.2, -0.15) is 0 Å². The molecule has 1 saturated heterocycles. The minimum Gasteiger partial charge on any atom is -0.496 e. The van der Waals surface area contributed by atoms with Gasteiger partial charge in [0.15, 0.2) is 5.78 Å². The summed E-state index contributed by atoms with van der Waals surface area (Å²) in [6.07, 6.45) is 0. The Labute approximate surface area is 128 Å². The average molecular weight is 341 g/mol. The Hall–Kier alpha value is -0.910. The van der Waals surface area contributed by atoms with Crippen molar-refractivity contribution in [2.45, 2.75) is 6.92 Å². The van der Waals surface area contributed by atoms with Crippen LogP contribution >= 0.6 is 15.9 Å². The monoisotopic (exact) mass is 340 g/mol. The smallest absolute Gasteiger partial charge is 0.176 e. The number of Topliss-reactive ketones (excluding diaryl/α,β-unsaturated/α-hetero) is 1. The van der Waals surface area contributed by atoms with Gasteiger partial charge in [0, 0.05) is 31.7 Å². The van der Waals surface area contributed by atoms with Crippen LogP contribution in [-0.4, -0.2) is 62.0 Å². The van der Waals surface area contributed by atoms with Crippen molar-refractivity contribution in [2.75, 3.05) is 46.4 Å². The Morgan fingerprint density at radius 2 is 1.90 bits per heavy atom. The molecule has 0 spiro atoms. The van der Waals surface area contributed by atoms with Gasteiger partial charge in [-0.3, -0.25) is 9.69 Å². The molecule has 0 bridgehead atoms. The van der Waals surface area contributed by atoms with E-state index in [-0.39, 0.29) is 5.78 Å². The molecular formula is C15H21BrN2O2. The number of rotatable bonds is 5. The fourth-order valence-electron chi connectivity index (χ4n) is 2.40.